The van der Waals surface area contributed by atoms with Crippen LogP contribution in [-0.2, 0) is 10.0 Å². The molecule has 1 saturated heterocycles. The number of likely N-dealkylation sites (tertiary alicyclic amines) is 1. The predicted octanol–water partition coefficient (Wildman–Crippen LogP) is 2.83. The van der Waals surface area contributed by atoms with E-state index < -0.39 is 10.0 Å². The summed E-state index contributed by atoms with van der Waals surface area (Å²) < 4.78 is 26.6. The van der Waals surface area contributed by atoms with E-state index in [0.717, 1.165) is 19.5 Å². The highest BCUT2D eigenvalue weighted by atomic mass is 32.2. The molecule has 0 bridgehead atoms. The van der Waals surface area contributed by atoms with Gasteiger partial charge in [-0.3, -0.25) is 4.79 Å². The van der Waals surface area contributed by atoms with Gasteiger partial charge in [-0.05, 0) is 50.3 Å². The summed E-state index contributed by atoms with van der Waals surface area (Å²) in [4.78, 5) is 14.8. The van der Waals surface area contributed by atoms with Crippen molar-refractivity contribution in [3.63, 3.8) is 0 Å². The fourth-order valence-corrected chi connectivity index (χ4v) is 4.66. The zero-order valence-corrected chi connectivity index (χ0v) is 16.0. The number of sulfonamides is 1. The molecule has 1 amide bonds. The van der Waals surface area contributed by atoms with Crippen molar-refractivity contribution in [1.82, 2.24) is 9.21 Å². The summed E-state index contributed by atoms with van der Waals surface area (Å²) in [7, 11) is -2.03. The third kappa shape index (κ3) is 3.98. The van der Waals surface area contributed by atoms with Crippen LogP contribution in [0.1, 0.15) is 44.5 Å². The van der Waals surface area contributed by atoms with Crippen LogP contribution in [0.3, 0.4) is 0 Å². The lowest BCUT2D eigenvalue weighted by atomic mass is 9.91. The molecule has 6 heteroatoms. The fourth-order valence-electron chi connectivity index (χ4n) is 3.24. The van der Waals surface area contributed by atoms with E-state index in [2.05, 4.69) is 13.8 Å². The molecule has 0 aromatic heterocycles. The van der Waals surface area contributed by atoms with Gasteiger partial charge < -0.3 is 4.90 Å². The Kier molecular flexibility index (Phi) is 5.71. The van der Waals surface area contributed by atoms with Gasteiger partial charge in [-0.1, -0.05) is 19.9 Å². The number of amides is 1. The highest BCUT2D eigenvalue weighted by molar-refractivity contribution is 7.89. The van der Waals surface area contributed by atoms with Crippen LogP contribution in [0, 0.1) is 11.8 Å². The van der Waals surface area contributed by atoms with Crippen LogP contribution in [0.25, 0.3) is 0 Å². The molecule has 24 heavy (non-hydrogen) atoms. The van der Waals surface area contributed by atoms with E-state index in [0.29, 0.717) is 17.4 Å². The fraction of sp³-hybridized carbons (Fsp3) is 0.611. The third-order valence-electron chi connectivity index (χ3n) is 4.64. The molecule has 0 spiro atoms. The Balaban J connectivity index is 2.29. The number of carbonyl (C=O) groups is 1. The van der Waals surface area contributed by atoms with Gasteiger partial charge in [0, 0.05) is 31.7 Å². The Hall–Kier alpha value is -1.40. The van der Waals surface area contributed by atoms with Gasteiger partial charge in [-0.25, -0.2) is 8.42 Å². The van der Waals surface area contributed by atoms with Gasteiger partial charge in [0.1, 0.15) is 0 Å². The second-order valence-corrected chi connectivity index (χ2v) is 9.30. The van der Waals surface area contributed by atoms with Gasteiger partial charge in [0.05, 0.1) is 4.90 Å². The van der Waals surface area contributed by atoms with Crippen LogP contribution in [0.4, 0.5) is 0 Å². The van der Waals surface area contributed by atoms with Gasteiger partial charge in [-0.15, -0.1) is 0 Å². The largest absolute Gasteiger partial charge is 0.338 e. The molecule has 2 atom stereocenters. The molecular formula is C18H28N2O3S. The third-order valence-corrected chi connectivity index (χ3v) is 6.67. The Morgan fingerprint density at radius 2 is 1.79 bits per heavy atom. The topological polar surface area (TPSA) is 57.7 Å². The maximum Gasteiger partial charge on any atom is 0.253 e. The van der Waals surface area contributed by atoms with Crippen molar-refractivity contribution in [3.05, 3.63) is 29.8 Å². The minimum absolute atomic E-state index is 0.0855. The lowest BCUT2D eigenvalue weighted by Crippen LogP contribution is -2.42. The molecule has 0 saturated carbocycles. The Morgan fingerprint density at radius 1 is 1.21 bits per heavy atom. The molecule has 0 aliphatic carbocycles. The Bertz CT molecular complexity index is 690. The summed E-state index contributed by atoms with van der Waals surface area (Å²) in [5.41, 5.74) is 0.439. The molecule has 2 rings (SSSR count). The first kappa shape index (κ1) is 18.9. The second-order valence-electron chi connectivity index (χ2n) is 7.30. The van der Waals surface area contributed by atoms with Crippen molar-refractivity contribution in [1.29, 1.82) is 0 Å². The monoisotopic (exact) mass is 352 g/mol. The summed E-state index contributed by atoms with van der Waals surface area (Å²) in [6, 6.07) is 6.25. The first-order chi connectivity index (χ1) is 11.1. The molecule has 1 fully saturated rings. The van der Waals surface area contributed by atoms with Crippen LogP contribution < -0.4 is 0 Å². The van der Waals surface area contributed by atoms with Crippen LogP contribution in [0.5, 0.6) is 0 Å². The lowest BCUT2D eigenvalue weighted by molar-refractivity contribution is 0.0623. The quantitative estimate of drug-likeness (QED) is 0.837. The van der Waals surface area contributed by atoms with Crippen LogP contribution in [0.2, 0.25) is 0 Å². The first-order valence-corrected chi connectivity index (χ1v) is 9.94. The number of rotatable bonds is 4. The maximum absolute atomic E-state index is 12.8. The molecule has 5 nitrogen and oxygen atoms in total. The van der Waals surface area contributed by atoms with E-state index in [-0.39, 0.29) is 16.8 Å². The van der Waals surface area contributed by atoms with Crippen molar-refractivity contribution < 1.29 is 13.2 Å². The maximum atomic E-state index is 12.8. The van der Waals surface area contributed by atoms with Crippen molar-refractivity contribution >= 4 is 15.9 Å². The summed E-state index contributed by atoms with van der Waals surface area (Å²) >= 11 is 0. The highest BCUT2D eigenvalue weighted by Crippen LogP contribution is 2.24. The number of piperidine rings is 1. The first-order valence-electron chi connectivity index (χ1n) is 8.50. The van der Waals surface area contributed by atoms with Gasteiger partial charge >= 0.3 is 0 Å². The molecule has 1 aromatic carbocycles. The molecule has 0 radical (unpaired) electrons. The summed E-state index contributed by atoms with van der Waals surface area (Å²) in [6.45, 7) is 9.40. The average Bonchev–Trinajstić information content (AvgIpc) is 2.52. The van der Waals surface area contributed by atoms with Crippen LogP contribution in [0.15, 0.2) is 29.2 Å². The molecule has 1 aliphatic rings. The minimum atomic E-state index is -3.58. The van der Waals surface area contributed by atoms with Gasteiger partial charge in [-0.2, -0.15) is 4.31 Å². The van der Waals surface area contributed by atoms with E-state index in [1.54, 1.807) is 25.2 Å². The van der Waals surface area contributed by atoms with Crippen LogP contribution >= 0.6 is 0 Å². The van der Waals surface area contributed by atoms with Crippen molar-refractivity contribution in [2.24, 2.45) is 11.8 Å². The SMILES string of the molecule is CC1CC(C)CN(C(=O)c2cccc(S(=O)(=O)N(C)C(C)C)c2)C1. The standard InChI is InChI=1S/C18H28N2O3S/c1-13(2)19(5)24(22,23)17-8-6-7-16(10-17)18(21)20-11-14(3)9-15(4)12-20/h6-8,10,13-15H,9,11-12H2,1-5H3. The lowest BCUT2D eigenvalue weighted by Gasteiger charge is -2.35. The summed E-state index contributed by atoms with van der Waals surface area (Å²) in [6.07, 6.45) is 1.12. The smallest absolute Gasteiger partial charge is 0.253 e. The normalized spacial score (nSPS) is 22.2. The van der Waals surface area contributed by atoms with E-state index in [1.165, 1.54) is 10.4 Å². The Labute approximate surface area is 145 Å². The molecule has 2 unspecified atom stereocenters. The van der Waals surface area contributed by atoms with Crippen molar-refractivity contribution in [3.8, 4) is 0 Å². The number of hydrogen-bond acceptors (Lipinski definition) is 3. The minimum Gasteiger partial charge on any atom is -0.338 e. The number of benzene rings is 1. The predicted molar refractivity (Wildman–Crippen MR) is 95.4 cm³/mol. The molecular weight excluding hydrogens is 324 g/mol. The number of nitrogens with zero attached hydrogens (tertiary/aromatic N) is 2. The van der Waals surface area contributed by atoms with E-state index in [4.69, 9.17) is 0 Å². The van der Waals surface area contributed by atoms with Crippen molar-refractivity contribution in [2.45, 2.75) is 45.1 Å². The zero-order chi connectivity index (χ0) is 18.1. The molecule has 1 aromatic rings. The van der Waals surface area contributed by atoms with Gasteiger partial charge in [0.25, 0.3) is 5.91 Å². The van der Waals surface area contributed by atoms with Crippen molar-refractivity contribution in [2.75, 3.05) is 20.1 Å². The summed E-state index contributed by atoms with van der Waals surface area (Å²) in [5.74, 6) is 0.853. The summed E-state index contributed by atoms with van der Waals surface area (Å²) in [5, 5.41) is 0. The number of hydrogen-bond donors (Lipinski definition) is 0. The Morgan fingerprint density at radius 3 is 2.33 bits per heavy atom. The van der Waals surface area contributed by atoms with E-state index >= 15 is 0 Å². The average molecular weight is 353 g/mol. The van der Waals surface area contributed by atoms with E-state index in [1.807, 2.05) is 18.7 Å². The molecule has 0 N–H and O–H groups in total. The van der Waals surface area contributed by atoms with Gasteiger partial charge in [0.2, 0.25) is 10.0 Å². The molecule has 134 valence electrons. The zero-order valence-electron chi connectivity index (χ0n) is 15.2. The van der Waals surface area contributed by atoms with Crippen LogP contribution in [-0.4, -0.2) is 49.7 Å². The van der Waals surface area contributed by atoms with E-state index in [9.17, 15) is 13.2 Å². The second kappa shape index (κ2) is 7.23. The highest BCUT2D eigenvalue weighted by Gasteiger charge is 2.28. The molecule has 1 heterocycles. The van der Waals surface area contributed by atoms with Gasteiger partial charge in [0.15, 0.2) is 0 Å². The number of carbonyl (C=O) groups excluding carboxylic acids is 1. The molecule has 1 aliphatic heterocycles.